The molecule has 1 aromatic heterocycles. The lowest BCUT2D eigenvalue weighted by Gasteiger charge is -2.21. The highest BCUT2D eigenvalue weighted by molar-refractivity contribution is 7.16. The summed E-state index contributed by atoms with van der Waals surface area (Å²) in [6, 6.07) is 0. The highest BCUT2D eigenvalue weighted by Crippen LogP contribution is 2.30. The lowest BCUT2D eigenvalue weighted by molar-refractivity contribution is 0.285. The van der Waals surface area contributed by atoms with Gasteiger partial charge in [-0.1, -0.05) is 49.6 Å². The zero-order valence-corrected chi connectivity index (χ0v) is 12.2. The Labute approximate surface area is 112 Å². The molecule has 17 heavy (non-hydrogen) atoms. The summed E-state index contributed by atoms with van der Waals surface area (Å²) >= 11 is 7.47. The number of rotatable bonds is 8. The third-order valence-corrected chi connectivity index (χ3v) is 4.14. The third-order valence-electron chi connectivity index (χ3n) is 2.62. The van der Waals surface area contributed by atoms with Gasteiger partial charge in [0, 0.05) is 13.1 Å². The smallest absolute Gasteiger partial charge is 0.187 e. The average Bonchev–Trinajstić information content (AvgIpc) is 2.70. The van der Waals surface area contributed by atoms with Crippen molar-refractivity contribution >= 4 is 28.1 Å². The first-order chi connectivity index (χ1) is 8.22. The summed E-state index contributed by atoms with van der Waals surface area (Å²) in [6.45, 7) is 6.39. The van der Waals surface area contributed by atoms with Crippen LogP contribution in [0.5, 0.6) is 0 Å². The van der Waals surface area contributed by atoms with Crippen LogP contribution in [0.1, 0.15) is 44.4 Å². The second kappa shape index (κ2) is 7.90. The van der Waals surface area contributed by atoms with E-state index in [-0.39, 0.29) is 6.61 Å². The summed E-state index contributed by atoms with van der Waals surface area (Å²) in [6.07, 6.45) is 4.67. The Morgan fingerprint density at radius 3 is 2.24 bits per heavy atom. The molecule has 0 unspecified atom stereocenters. The number of aromatic nitrogens is 1. The molecule has 0 radical (unpaired) electrons. The largest absolute Gasteiger partial charge is 0.391 e. The molecular weight excluding hydrogens is 256 g/mol. The van der Waals surface area contributed by atoms with Crippen molar-refractivity contribution in [2.24, 2.45) is 0 Å². The molecule has 0 saturated carbocycles. The van der Waals surface area contributed by atoms with Crippen molar-refractivity contribution in [3.8, 4) is 0 Å². The number of halogens is 1. The van der Waals surface area contributed by atoms with Crippen molar-refractivity contribution in [3.63, 3.8) is 0 Å². The fourth-order valence-corrected chi connectivity index (χ4v) is 2.72. The molecule has 1 heterocycles. The van der Waals surface area contributed by atoms with E-state index in [1.807, 2.05) is 0 Å². The van der Waals surface area contributed by atoms with Crippen LogP contribution in [0.15, 0.2) is 0 Å². The molecule has 0 aliphatic rings. The van der Waals surface area contributed by atoms with Crippen LogP contribution in [0.2, 0.25) is 5.15 Å². The van der Waals surface area contributed by atoms with E-state index in [9.17, 15) is 0 Å². The molecule has 0 spiro atoms. The first-order valence-corrected chi connectivity index (χ1v) is 7.43. The van der Waals surface area contributed by atoms with Crippen molar-refractivity contribution in [1.82, 2.24) is 4.98 Å². The Balaban J connectivity index is 2.71. The van der Waals surface area contributed by atoms with Crippen LogP contribution in [-0.4, -0.2) is 23.2 Å². The highest BCUT2D eigenvalue weighted by atomic mass is 35.5. The van der Waals surface area contributed by atoms with E-state index >= 15 is 0 Å². The quantitative estimate of drug-likeness (QED) is 0.787. The fourth-order valence-electron chi connectivity index (χ4n) is 1.56. The standard InChI is InChI=1S/C12H21ClN2OS/c1-3-5-7-15(8-6-4-2)12-14-11(13)10(9-16)17-12/h16H,3-9H2,1-2H3. The molecule has 0 aliphatic carbocycles. The van der Waals surface area contributed by atoms with Gasteiger partial charge in [0.1, 0.15) is 5.15 Å². The Morgan fingerprint density at radius 1 is 1.24 bits per heavy atom. The van der Waals surface area contributed by atoms with Crippen LogP contribution >= 0.6 is 22.9 Å². The summed E-state index contributed by atoms with van der Waals surface area (Å²) in [5, 5.41) is 10.5. The molecular formula is C12H21ClN2OS. The lowest BCUT2D eigenvalue weighted by Crippen LogP contribution is -2.25. The van der Waals surface area contributed by atoms with Crippen molar-refractivity contribution in [2.75, 3.05) is 18.0 Å². The van der Waals surface area contributed by atoms with Crippen LogP contribution in [0.4, 0.5) is 5.13 Å². The minimum absolute atomic E-state index is 0.0219. The van der Waals surface area contributed by atoms with Gasteiger partial charge in [0.15, 0.2) is 5.13 Å². The summed E-state index contributed by atoms with van der Waals surface area (Å²) in [5.41, 5.74) is 0. The maximum absolute atomic E-state index is 9.13. The van der Waals surface area contributed by atoms with Gasteiger partial charge in [-0.05, 0) is 12.8 Å². The number of hydrogen-bond acceptors (Lipinski definition) is 4. The second-order valence-corrected chi connectivity index (χ2v) is 5.48. The molecule has 98 valence electrons. The number of hydrogen-bond donors (Lipinski definition) is 1. The van der Waals surface area contributed by atoms with Gasteiger partial charge in [0.05, 0.1) is 11.5 Å². The normalized spacial score (nSPS) is 10.8. The van der Waals surface area contributed by atoms with Crippen LogP contribution < -0.4 is 4.90 Å². The average molecular weight is 277 g/mol. The highest BCUT2D eigenvalue weighted by Gasteiger charge is 2.14. The van der Waals surface area contributed by atoms with Gasteiger partial charge in [0.25, 0.3) is 0 Å². The molecule has 0 saturated heterocycles. The van der Waals surface area contributed by atoms with E-state index in [0.717, 1.165) is 35.9 Å². The molecule has 1 N–H and O–H groups in total. The maximum atomic E-state index is 9.13. The molecule has 0 aliphatic heterocycles. The monoisotopic (exact) mass is 276 g/mol. The van der Waals surface area contributed by atoms with Gasteiger partial charge in [-0.25, -0.2) is 4.98 Å². The van der Waals surface area contributed by atoms with Gasteiger partial charge >= 0.3 is 0 Å². The molecule has 5 heteroatoms. The SMILES string of the molecule is CCCCN(CCCC)c1nc(Cl)c(CO)s1. The third kappa shape index (κ3) is 4.45. The minimum atomic E-state index is -0.0219. The van der Waals surface area contributed by atoms with Crippen LogP contribution in [-0.2, 0) is 6.61 Å². The van der Waals surface area contributed by atoms with Crippen molar-refractivity contribution in [1.29, 1.82) is 0 Å². The summed E-state index contributed by atoms with van der Waals surface area (Å²) in [5.74, 6) is 0. The summed E-state index contributed by atoms with van der Waals surface area (Å²) in [4.78, 5) is 7.38. The van der Waals surface area contributed by atoms with E-state index in [1.54, 1.807) is 0 Å². The second-order valence-electron chi connectivity index (χ2n) is 4.06. The predicted molar refractivity (Wildman–Crippen MR) is 75.1 cm³/mol. The number of nitrogens with zero attached hydrogens (tertiary/aromatic N) is 2. The van der Waals surface area contributed by atoms with Gasteiger partial charge in [0.2, 0.25) is 0 Å². The molecule has 0 bridgehead atoms. The Bertz CT molecular complexity index is 322. The molecule has 1 aromatic rings. The number of anilines is 1. The Hall–Kier alpha value is -0.320. The van der Waals surface area contributed by atoms with Crippen molar-refractivity contribution in [2.45, 2.75) is 46.1 Å². The van der Waals surface area contributed by atoms with E-state index in [4.69, 9.17) is 16.7 Å². The van der Waals surface area contributed by atoms with Crippen molar-refractivity contribution < 1.29 is 5.11 Å². The maximum Gasteiger partial charge on any atom is 0.187 e. The Kier molecular flexibility index (Phi) is 6.85. The van der Waals surface area contributed by atoms with Gasteiger partial charge in [-0.15, -0.1) is 0 Å². The zero-order chi connectivity index (χ0) is 12.7. The van der Waals surface area contributed by atoms with E-state index < -0.39 is 0 Å². The van der Waals surface area contributed by atoms with Crippen LogP contribution in [0.25, 0.3) is 0 Å². The number of unbranched alkanes of at least 4 members (excludes halogenated alkanes) is 2. The van der Waals surface area contributed by atoms with Crippen molar-refractivity contribution in [3.05, 3.63) is 10.0 Å². The van der Waals surface area contributed by atoms with E-state index in [0.29, 0.717) is 5.15 Å². The number of aliphatic hydroxyl groups excluding tert-OH is 1. The first kappa shape index (κ1) is 14.7. The molecule has 0 atom stereocenters. The first-order valence-electron chi connectivity index (χ1n) is 6.23. The Morgan fingerprint density at radius 2 is 1.82 bits per heavy atom. The summed E-state index contributed by atoms with van der Waals surface area (Å²) in [7, 11) is 0. The molecule has 3 nitrogen and oxygen atoms in total. The van der Waals surface area contributed by atoms with Gasteiger partial charge < -0.3 is 10.0 Å². The number of thiazole rings is 1. The van der Waals surface area contributed by atoms with E-state index in [1.165, 1.54) is 24.2 Å². The predicted octanol–water partition coefficient (Wildman–Crippen LogP) is 3.70. The van der Waals surface area contributed by atoms with Crippen LogP contribution in [0.3, 0.4) is 0 Å². The van der Waals surface area contributed by atoms with E-state index in [2.05, 4.69) is 23.7 Å². The minimum Gasteiger partial charge on any atom is -0.391 e. The topological polar surface area (TPSA) is 36.4 Å². The van der Waals surface area contributed by atoms with Gasteiger partial charge in [-0.3, -0.25) is 0 Å². The molecule has 0 amide bonds. The molecule has 1 rings (SSSR count). The molecule has 0 aromatic carbocycles. The lowest BCUT2D eigenvalue weighted by atomic mass is 10.3. The molecule has 0 fully saturated rings. The number of aliphatic hydroxyl groups is 1. The van der Waals surface area contributed by atoms with Crippen LogP contribution in [0, 0.1) is 0 Å². The summed E-state index contributed by atoms with van der Waals surface area (Å²) < 4.78 is 0. The fraction of sp³-hybridized carbons (Fsp3) is 0.750. The van der Waals surface area contributed by atoms with Gasteiger partial charge in [-0.2, -0.15) is 0 Å². The zero-order valence-electron chi connectivity index (χ0n) is 10.6.